The van der Waals surface area contributed by atoms with Crippen LogP contribution in [-0.4, -0.2) is 56.3 Å². The molecule has 0 aromatic heterocycles. The highest BCUT2D eigenvalue weighted by Crippen LogP contribution is 2.42. The van der Waals surface area contributed by atoms with Crippen LogP contribution < -0.4 is 0 Å². The molecule has 1 aliphatic carbocycles. The Morgan fingerprint density at radius 1 is 0.750 bits per heavy atom. The number of carbonyl (C=O) groups is 1. The molecule has 0 N–H and O–H groups in total. The molecule has 5 nitrogen and oxygen atoms in total. The first-order valence-electron chi connectivity index (χ1n) is 18.6. The van der Waals surface area contributed by atoms with Gasteiger partial charge in [0.05, 0.1) is 25.4 Å². The second-order valence-corrected chi connectivity index (χ2v) is 32.8. The van der Waals surface area contributed by atoms with Crippen molar-refractivity contribution in [3.63, 3.8) is 0 Å². The van der Waals surface area contributed by atoms with E-state index in [0.29, 0.717) is 12.8 Å². The van der Waals surface area contributed by atoms with Gasteiger partial charge in [-0.3, -0.25) is 4.79 Å². The Balaban J connectivity index is 3.57. The molecule has 0 amide bonds. The van der Waals surface area contributed by atoms with Crippen molar-refractivity contribution in [3.05, 3.63) is 47.6 Å². The van der Waals surface area contributed by atoms with E-state index in [2.05, 4.69) is 145 Å². The normalized spacial score (nSPS) is 17.5. The van der Waals surface area contributed by atoms with Crippen molar-refractivity contribution >= 4 is 30.9 Å². The molecule has 0 aromatic carbocycles. The first-order chi connectivity index (χ1) is 21.8. The summed E-state index contributed by atoms with van der Waals surface area (Å²) in [5.41, 5.74) is 2.60. The van der Waals surface area contributed by atoms with Crippen molar-refractivity contribution in [2.75, 3.05) is 7.11 Å². The first-order valence-corrected chi connectivity index (χ1v) is 27.3. The molecule has 3 atom stereocenters. The molecule has 0 unspecified atom stereocenters. The zero-order chi connectivity index (χ0) is 37.2. The molecule has 0 bridgehead atoms. The number of methoxy groups -OCH3 is 1. The van der Waals surface area contributed by atoms with Gasteiger partial charge in [-0.05, 0) is 91.2 Å². The maximum atomic E-state index is 12.1. The van der Waals surface area contributed by atoms with Crippen molar-refractivity contribution < 1.29 is 22.8 Å². The lowest BCUT2D eigenvalue weighted by Gasteiger charge is -2.44. The maximum Gasteiger partial charge on any atom is 0.305 e. The van der Waals surface area contributed by atoms with Crippen molar-refractivity contribution in [3.8, 4) is 0 Å². The van der Waals surface area contributed by atoms with Gasteiger partial charge in [-0.25, -0.2) is 0 Å². The van der Waals surface area contributed by atoms with Crippen LogP contribution in [0, 0.1) is 0 Å². The van der Waals surface area contributed by atoms with Crippen molar-refractivity contribution in [2.24, 2.45) is 0 Å². The fraction of sp³-hybridized carbons (Fsp3) is 0.775. The molecule has 1 rings (SSSR count). The predicted octanol–water partition coefficient (Wildman–Crippen LogP) is 12.5. The molecule has 0 fully saturated rings. The quantitative estimate of drug-likeness (QED) is 0.0801. The highest BCUT2D eigenvalue weighted by molar-refractivity contribution is 6.75. The first kappa shape index (κ1) is 45.0. The van der Waals surface area contributed by atoms with Crippen LogP contribution in [0.25, 0.3) is 0 Å². The van der Waals surface area contributed by atoms with Crippen LogP contribution in [-0.2, 0) is 22.8 Å². The standard InChI is InChI=1S/C40H76O5Si3/c1-18-19-20-26-34(43-46(12,13)38(2,3)4)33-25-22-21-24-32(31-33)29-30-36(45-48(16,17)40(8,9)10)35(27-23-28-37(41)42-11)44-47(14,15)39(5,6)7/h21-22,24-25,29-30,34-36H,18-20,23,26-28,31H2,1-17H3/b30-29+/t34-,35+,36-/m1/s1. The van der Waals surface area contributed by atoms with Crippen LogP contribution in [0.15, 0.2) is 47.6 Å². The summed E-state index contributed by atoms with van der Waals surface area (Å²) < 4.78 is 26.5. The summed E-state index contributed by atoms with van der Waals surface area (Å²) in [5, 5.41) is 0.237. The van der Waals surface area contributed by atoms with Crippen molar-refractivity contribution in [1.82, 2.24) is 0 Å². The Bertz CT molecular complexity index is 1130. The smallest absolute Gasteiger partial charge is 0.305 e. The second-order valence-electron chi connectivity index (χ2n) is 18.5. The summed E-state index contributed by atoms with van der Waals surface area (Å²) >= 11 is 0. The molecule has 48 heavy (non-hydrogen) atoms. The van der Waals surface area contributed by atoms with Gasteiger partial charge in [0.15, 0.2) is 25.0 Å². The largest absolute Gasteiger partial charge is 0.469 e. The maximum absolute atomic E-state index is 12.1. The Kier molecular flexibility index (Phi) is 17.3. The lowest BCUT2D eigenvalue weighted by molar-refractivity contribution is -0.140. The van der Waals surface area contributed by atoms with E-state index in [1.807, 2.05) is 0 Å². The molecular weight excluding hydrogens is 645 g/mol. The monoisotopic (exact) mass is 721 g/mol. The van der Waals surface area contributed by atoms with Gasteiger partial charge in [0.1, 0.15) is 0 Å². The van der Waals surface area contributed by atoms with Gasteiger partial charge in [0.2, 0.25) is 0 Å². The molecule has 8 heteroatoms. The minimum Gasteiger partial charge on any atom is -0.469 e. The summed E-state index contributed by atoms with van der Waals surface area (Å²) in [7, 11) is -4.85. The molecule has 0 spiro atoms. The van der Waals surface area contributed by atoms with E-state index in [0.717, 1.165) is 19.3 Å². The van der Waals surface area contributed by atoms with Crippen LogP contribution in [0.1, 0.15) is 121 Å². The van der Waals surface area contributed by atoms with Crippen LogP contribution in [0.3, 0.4) is 0 Å². The van der Waals surface area contributed by atoms with Crippen molar-refractivity contribution in [1.29, 1.82) is 0 Å². The highest BCUT2D eigenvalue weighted by Gasteiger charge is 2.44. The Morgan fingerprint density at radius 2 is 1.27 bits per heavy atom. The third-order valence-electron chi connectivity index (χ3n) is 11.3. The Hall–Kier alpha value is -1.04. The van der Waals surface area contributed by atoms with Gasteiger partial charge < -0.3 is 18.0 Å². The van der Waals surface area contributed by atoms with E-state index in [4.69, 9.17) is 18.0 Å². The lowest BCUT2D eigenvalue weighted by atomic mass is 9.96. The highest BCUT2D eigenvalue weighted by atomic mass is 28.4. The average Bonchev–Trinajstić information content (AvgIpc) is 3.18. The van der Waals surface area contributed by atoms with E-state index in [1.165, 1.54) is 37.5 Å². The predicted molar refractivity (Wildman–Crippen MR) is 215 cm³/mol. The minimum absolute atomic E-state index is 0.0413. The number of esters is 1. The number of rotatable bonds is 18. The number of hydrogen-bond acceptors (Lipinski definition) is 5. The van der Waals surface area contributed by atoms with E-state index in [9.17, 15) is 4.79 Å². The molecule has 0 aromatic rings. The molecule has 0 radical (unpaired) electrons. The molecule has 0 heterocycles. The van der Waals surface area contributed by atoms with Gasteiger partial charge in [-0.1, -0.05) is 125 Å². The topological polar surface area (TPSA) is 54.0 Å². The van der Waals surface area contributed by atoms with Gasteiger partial charge in [-0.2, -0.15) is 0 Å². The third kappa shape index (κ3) is 14.3. The van der Waals surface area contributed by atoms with E-state index in [1.54, 1.807) is 0 Å². The zero-order valence-corrected chi connectivity index (χ0v) is 37.4. The Morgan fingerprint density at radius 3 is 1.79 bits per heavy atom. The molecule has 1 aliphatic rings. The molecule has 0 aliphatic heterocycles. The summed E-state index contributed by atoms with van der Waals surface area (Å²) in [6.07, 6.45) is 20.4. The number of allylic oxidation sites excluding steroid dienone is 6. The third-order valence-corrected chi connectivity index (χ3v) is 24.8. The van der Waals surface area contributed by atoms with Crippen LogP contribution in [0.4, 0.5) is 0 Å². The number of ether oxygens (including phenoxy) is 1. The van der Waals surface area contributed by atoms with Crippen molar-refractivity contribution in [2.45, 2.75) is 193 Å². The van der Waals surface area contributed by atoms with E-state index >= 15 is 0 Å². The van der Waals surface area contributed by atoms with Crippen LogP contribution in [0.5, 0.6) is 0 Å². The van der Waals surface area contributed by atoms with Gasteiger partial charge in [-0.15, -0.1) is 0 Å². The summed E-state index contributed by atoms with van der Waals surface area (Å²) in [4.78, 5) is 12.1. The molecular formula is C40H76O5Si3. The minimum atomic E-state index is -2.18. The summed E-state index contributed by atoms with van der Waals surface area (Å²) in [6, 6.07) is 0. The van der Waals surface area contributed by atoms with E-state index in [-0.39, 0.29) is 39.4 Å². The number of hydrogen-bond donors (Lipinski definition) is 0. The summed E-state index contributed by atoms with van der Waals surface area (Å²) in [5.74, 6) is -0.179. The van der Waals surface area contributed by atoms with Gasteiger partial charge in [0, 0.05) is 6.42 Å². The second kappa shape index (κ2) is 18.5. The van der Waals surface area contributed by atoms with Gasteiger partial charge >= 0.3 is 5.97 Å². The van der Waals surface area contributed by atoms with Crippen LogP contribution >= 0.6 is 0 Å². The molecule has 0 saturated heterocycles. The zero-order valence-electron chi connectivity index (χ0n) is 34.4. The SMILES string of the molecule is CCCCC[C@@H](O[Si](C)(C)C(C)(C)C)C1=CC=CC=C(/C=C/[C@@H](O[Si](C)(C)C(C)(C)C)[C@H](CCCC(=O)OC)O[Si](C)(C)C(C)(C)C)C1. The number of carbonyl (C=O) groups excluding carboxylic acids is 1. The summed E-state index contributed by atoms with van der Waals surface area (Å²) in [6.45, 7) is 37.0. The fourth-order valence-electron chi connectivity index (χ4n) is 4.85. The molecule has 0 saturated carbocycles. The molecule has 278 valence electrons. The average molecular weight is 721 g/mol. The fourth-order valence-corrected chi connectivity index (χ4v) is 8.81. The van der Waals surface area contributed by atoms with Gasteiger partial charge in [0.25, 0.3) is 0 Å². The Labute approximate surface area is 300 Å². The lowest BCUT2D eigenvalue weighted by Crippen LogP contribution is -2.51. The van der Waals surface area contributed by atoms with Crippen LogP contribution in [0.2, 0.25) is 54.4 Å². The number of unbranched alkanes of at least 4 members (excludes halogenated alkanes) is 2. The van der Waals surface area contributed by atoms with E-state index < -0.39 is 25.0 Å².